The number of hydrogen-bond donors (Lipinski definition) is 1. The lowest BCUT2D eigenvalue weighted by atomic mass is 10.1. The zero-order chi connectivity index (χ0) is 23.0. The molecule has 0 aliphatic heterocycles. The Morgan fingerprint density at radius 3 is 2.24 bits per heavy atom. The second-order valence-corrected chi connectivity index (χ2v) is 7.09. The van der Waals surface area contributed by atoms with Gasteiger partial charge >= 0.3 is 6.01 Å². The summed E-state index contributed by atoms with van der Waals surface area (Å²) in [4.78, 5) is 27.2. The second kappa shape index (κ2) is 10.4. The Morgan fingerprint density at radius 2 is 1.61 bits per heavy atom. The third kappa shape index (κ3) is 6.13. The predicted molar refractivity (Wildman–Crippen MR) is 118 cm³/mol. The molecule has 0 saturated heterocycles. The fourth-order valence-electron chi connectivity index (χ4n) is 3.00. The zero-order valence-corrected chi connectivity index (χ0v) is 17.8. The lowest BCUT2D eigenvalue weighted by Crippen LogP contribution is -2.16. The van der Waals surface area contributed by atoms with E-state index in [1.54, 1.807) is 30.7 Å². The first-order valence-electron chi connectivity index (χ1n) is 10.2. The quantitative estimate of drug-likeness (QED) is 0.417. The summed E-state index contributed by atoms with van der Waals surface area (Å²) < 4.78 is 29.2. The van der Waals surface area contributed by atoms with E-state index in [1.165, 1.54) is 19.2 Å². The SMILES string of the molecule is COc1ncc(Cc2c[nH]c(OCCc3ccc(Oc4ccc(F)cc4)cc3)nc2=O)cn1. The Hall–Kier alpha value is -4.27. The number of methoxy groups -OCH3 is 1. The summed E-state index contributed by atoms with van der Waals surface area (Å²) in [5.41, 5.74) is 1.90. The van der Waals surface area contributed by atoms with E-state index in [1.807, 2.05) is 24.3 Å². The van der Waals surface area contributed by atoms with Gasteiger partial charge in [-0.05, 0) is 47.5 Å². The number of ether oxygens (including phenoxy) is 3. The van der Waals surface area contributed by atoms with E-state index in [0.29, 0.717) is 36.5 Å². The maximum absolute atomic E-state index is 13.0. The number of aromatic amines is 1. The molecule has 0 radical (unpaired) electrons. The molecular formula is C24H21FN4O4. The molecule has 9 heteroatoms. The number of hydrogen-bond acceptors (Lipinski definition) is 7. The summed E-state index contributed by atoms with van der Waals surface area (Å²) in [6, 6.07) is 13.8. The molecule has 0 bridgehead atoms. The van der Waals surface area contributed by atoms with Crippen LogP contribution >= 0.6 is 0 Å². The number of H-pyrrole nitrogens is 1. The van der Waals surface area contributed by atoms with Crippen molar-refractivity contribution in [1.82, 2.24) is 19.9 Å². The van der Waals surface area contributed by atoms with Crippen molar-refractivity contribution >= 4 is 0 Å². The molecule has 4 aromatic rings. The van der Waals surface area contributed by atoms with Gasteiger partial charge < -0.3 is 19.2 Å². The highest BCUT2D eigenvalue weighted by atomic mass is 19.1. The molecule has 1 N–H and O–H groups in total. The first-order valence-corrected chi connectivity index (χ1v) is 10.2. The van der Waals surface area contributed by atoms with Crippen molar-refractivity contribution in [3.05, 3.63) is 100.0 Å². The molecule has 2 aromatic carbocycles. The lowest BCUT2D eigenvalue weighted by Gasteiger charge is -2.08. The van der Waals surface area contributed by atoms with Crippen molar-refractivity contribution < 1.29 is 18.6 Å². The molecule has 0 unspecified atom stereocenters. The molecule has 4 rings (SSSR count). The van der Waals surface area contributed by atoms with E-state index in [9.17, 15) is 9.18 Å². The lowest BCUT2D eigenvalue weighted by molar-refractivity contribution is 0.295. The first-order chi connectivity index (χ1) is 16.1. The summed E-state index contributed by atoms with van der Waals surface area (Å²) in [5, 5.41) is 0. The molecule has 0 spiro atoms. The van der Waals surface area contributed by atoms with Crippen LogP contribution in [0.25, 0.3) is 0 Å². The molecule has 168 valence electrons. The number of nitrogens with zero attached hydrogens (tertiary/aromatic N) is 3. The summed E-state index contributed by atoms with van der Waals surface area (Å²) in [7, 11) is 1.49. The summed E-state index contributed by atoms with van der Waals surface area (Å²) in [6.45, 7) is 0.340. The number of rotatable bonds is 9. The van der Waals surface area contributed by atoms with Crippen molar-refractivity contribution in [3.8, 4) is 23.5 Å². The Labute approximate surface area is 189 Å². The fraction of sp³-hybridized carbons (Fsp3) is 0.167. The molecule has 0 saturated carbocycles. The van der Waals surface area contributed by atoms with Crippen LogP contribution in [0.4, 0.5) is 4.39 Å². The van der Waals surface area contributed by atoms with Gasteiger partial charge in [-0.1, -0.05) is 12.1 Å². The third-order valence-corrected chi connectivity index (χ3v) is 4.71. The van der Waals surface area contributed by atoms with Gasteiger partial charge in [0.2, 0.25) is 0 Å². The van der Waals surface area contributed by atoms with Crippen LogP contribution < -0.4 is 19.8 Å². The van der Waals surface area contributed by atoms with Gasteiger partial charge in [-0.15, -0.1) is 0 Å². The minimum Gasteiger partial charge on any atom is -0.467 e. The smallest absolute Gasteiger partial charge is 0.316 e. The molecule has 0 fully saturated rings. The van der Waals surface area contributed by atoms with Crippen LogP contribution in [0.1, 0.15) is 16.7 Å². The minimum absolute atomic E-state index is 0.158. The topological polar surface area (TPSA) is 99.2 Å². The Kier molecular flexibility index (Phi) is 6.89. The van der Waals surface area contributed by atoms with Gasteiger partial charge in [0.1, 0.15) is 17.3 Å². The van der Waals surface area contributed by atoms with Crippen molar-refractivity contribution in [2.75, 3.05) is 13.7 Å². The van der Waals surface area contributed by atoms with Crippen molar-refractivity contribution in [1.29, 1.82) is 0 Å². The van der Waals surface area contributed by atoms with Gasteiger partial charge in [-0.2, -0.15) is 4.98 Å². The molecule has 8 nitrogen and oxygen atoms in total. The van der Waals surface area contributed by atoms with Gasteiger partial charge in [0.05, 0.1) is 13.7 Å². The second-order valence-electron chi connectivity index (χ2n) is 7.09. The van der Waals surface area contributed by atoms with Crippen molar-refractivity contribution in [3.63, 3.8) is 0 Å². The van der Waals surface area contributed by atoms with Crippen LogP contribution in [0.15, 0.2) is 71.9 Å². The highest BCUT2D eigenvalue weighted by Gasteiger charge is 2.07. The summed E-state index contributed by atoms with van der Waals surface area (Å²) >= 11 is 0. The fourth-order valence-corrected chi connectivity index (χ4v) is 3.00. The Bertz CT molecular complexity index is 1240. The average molecular weight is 448 g/mol. The molecule has 0 aliphatic rings. The average Bonchev–Trinajstić information content (AvgIpc) is 2.84. The minimum atomic E-state index is -0.373. The number of benzene rings is 2. The molecule has 2 heterocycles. The predicted octanol–water partition coefficient (Wildman–Crippen LogP) is 3.71. The van der Waals surface area contributed by atoms with Crippen LogP contribution in [0.2, 0.25) is 0 Å². The Morgan fingerprint density at radius 1 is 0.939 bits per heavy atom. The van der Waals surface area contributed by atoms with Crippen LogP contribution in [0, 0.1) is 5.82 Å². The van der Waals surface area contributed by atoms with E-state index in [-0.39, 0.29) is 23.4 Å². The van der Waals surface area contributed by atoms with Crippen molar-refractivity contribution in [2.24, 2.45) is 0 Å². The maximum atomic E-state index is 13.0. The number of nitrogens with one attached hydrogen (secondary N) is 1. The van der Waals surface area contributed by atoms with Crippen LogP contribution in [-0.4, -0.2) is 33.7 Å². The van der Waals surface area contributed by atoms with Gasteiger partial charge in [0.15, 0.2) is 0 Å². The highest BCUT2D eigenvalue weighted by molar-refractivity contribution is 5.33. The van der Waals surface area contributed by atoms with Crippen LogP contribution in [0.3, 0.4) is 0 Å². The van der Waals surface area contributed by atoms with E-state index in [4.69, 9.17) is 14.2 Å². The zero-order valence-electron chi connectivity index (χ0n) is 17.8. The summed E-state index contributed by atoms with van der Waals surface area (Å²) in [5.74, 6) is 0.899. The van der Waals surface area contributed by atoms with E-state index >= 15 is 0 Å². The van der Waals surface area contributed by atoms with E-state index in [2.05, 4.69) is 19.9 Å². The largest absolute Gasteiger partial charge is 0.467 e. The van der Waals surface area contributed by atoms with E-state index < -0.39 is 0 Å². The number of aromatic nitrogens is 4. The highest BCUT2D eigenvalue weighted by Crippen LogP contribution is 2.22. The normalized spacial score (nSPS) is 10.6. The molecule has 0 aliphatic carbocycles. The van der Waals surface area contributed by atoms with Crippen LogP contribution in [-0.2, 0) is 12.8 Å². The van der Waals surface area contributed by atoms with Gasteiger partial charge in [0.25, 0.3) is 11.6 Å². The third-order valence-electron chi connectivity index (χ3n) is 4.71. The van der Waals surface area contributed by atoms with Crippen LogP contribution in [0.5, 0.6) is 23.5 Å². The van der Waals surface area contributed by atoms with Crippen molar-refractivity contribution in [2.45, 2.75) is 12.8 Å². The molecular weight excluding hydrogens is 427 g/mol. The molecule has 0 amide bonds. The number of halogens is 1. The Balaban J connectivity index is 1.28. The standard InChI is InChI=1S/C24H21FN4O4/c1-31-23-26-13-17(14-27-23)12-18-15-28-24(29-22(18)30)32-11-10-16-2-6-20(7-3-16)33-21-8-4-19(25)5-9-21/h2-9,13-15H,10-12H2,1H3,(H,28,29,30). The molecule has 33 heavy (non-hydrogen) atoms. The first kappa shape index (κ1) is 21.9. The van der Waals surface area contributed by atoms with E-state index in [0.717, 1.165) is 11.1 Å². The van der Waals surface area contributed by atoms with Gasteiger partial charge in [-0.3, -0.25) is 4.79 Å². The van der Waals surface area contributed by atoms with Gasteiger partial charge in [0, 0.05) is 37.0 Å². The molecule has 2 aromatic heterocycles. The van der Waals surface area contributed by atoms with Gasteiger partial charge in [-0.25, -0.2) is 14.4 Å². The monoisotopic (exact) mass is 448 g/mol. The molecule has 0 atom stereocenters. The summed E-state index contributed by atoms with van der Waals surface area (Å²) in [6.07, 6.45) is 5.75. The maximum Gasteiger partial charge on any atom is 0.316 e.